The van der Waals surface area contributed by atoms with Crippen LogP contribution in [-0.2, 0) is 18.1 Å². The number of pyridine rings is 1. The number of nitrogens with one attached hydrogen (secondary N) is 1. The van der Waals surface area contributed by atoms with Gasteiger partial charge in [-0.05, 0) is 36.2 Å². The van der Waals surface area contributed by atoms with Gasteiger partial charge in [-0.3, -0.25) is 4.98 Å². The molecule has 4 nitrogen and oxygen atoms in total. The fraction of sp³-hybridized carbons (Fsp3) is 0.542. The maximum atomic E-state index is 12.8. The zero-order valence-corrected chi connectivity index (χ0v) is 18.4. The highest BCUT2D eigenvalue weighted by Crippen LogP contribution is 2.38. The standard InChI is InChI=1S/C23H32F3N3O.CH4/c1-6-29(7-2)11-10-27-14-17-12-18(22(3,4)5)13-19(21(17)30)16-8-9-20(28-15-16)23(24,25)26;/h8-9,12-13,15,27,30H,6-7,10-11,14H2,1-5H3;1H4. The minimum absolute atomic E-state index is 0. The van der Waals surface area contributed by atoms with Crippen molar-refractivity contribution in [1.82, 2.24) is 15.2 Å². The third-order valence-electron chi connectivity index (χ3n) is 5.23. The third kappa shape index (κ3) is 7.21. The van der Waals surface area contributed by atoms with Crippen LogP contribution >= 0.6 is 0 Å². The van der Waals surface area contributed by atoms with E-state index < -0.39 is 11.9 Å². The largest absolute Gasteiger partial charge is 0.507 e. The van der Waals surface area contributed by atoms with Crippen LogP contribution in [0.3, 0.4) is 0 Å². The Morgan fingerprint density at radius 2 is 1.71 bits per heavy atom. The van der Waals surface area contributed by atoms with Crippen molar-refractivity contribution in [3.63, 3.8) is 0 Å². The molecule has 0 bridgehead atoms. The lowest BCUT2D eigenvalue weighted by molar-refractivity contribution is -0.141. The Morgan fingerprint density at radius 1 is 1.06 bits per heavy atom. The molecule has 0 spiro atoms. The number of halogens is 3. The van der Waals surface area contributed by atoms with Gasteiger partial charge < -0.3 is 15.3 Å². The number of hydrogen-bond donors (Lipinski definition) is 2. The van der Waals surface area contributed by atoms with Gasteiger partial charge in [-0.2, -0.15) is 13.2 Å². The number of phenols is 1. The number of aromatic hydroxyl groups is 1. The van der Waals surface area contributed by atoms with Gasteiger partial charge in [0.1, 0.15) is 11.4 Å². The van der Waals surface area contributed by atoms with Crippen LogP contribution < -0.4 is 5.32 Å². The van der Waals surface area contributed by atoms with Crippen LogP contribution in [-0.4, -0.2) is 41.2 Å². The molecular formula is C24H36F3N3O. The number of aromatic nitrogens is 1. The average Bonchev–Trinajstić information content (AvgIpc) is 2.68. The minimum Gasteiger partial charge on any atom is -0.507 e. The molecule has 7 heteroatoms. The molecule has 1 aromatic heterocycles. The van der Waals surface area contributed by atoms with Crippen molar-refractivity contribution in [1.29, 1.82) is 0 Å². The summed E-state index contributed by atoms with van der Waals surface area (Å²) < 4.78 is 38.5. The number of phenolic OH excluding ortho intramolecular Hbond substituents is 1. The quantitative estimate of drug-likeness (QED) is 0.508. The second-order valence-corrected chi connectivity index (χ2v) is 8.42. The summed E-state index contributed by atoms with van der Waals surface area (Å²) in [4.78, 5) is 5.85. The van der Waals surface area contributed by atoms with E-state index >= 15 is 0 Å². The summed E-state index contributed by atoms with van der Waals surface area (Å²) in [6.45, 7) is 14.5. The fourth-order valence-corrected chi connectivity index (χ4v) is 3.20. The molecule has 0 atom stereocenters. The zero-order valence-electron chi connectivity index (χ0n) is 18.4. The van der Waals surface area contributed by atoms with Crippen molar-refractivity contribution in [2.24, 2.45) is 0 Å². The number of alkyl halides is 3. The van der Waals surface area contributed by atoms with Gasteiger partial charge in [0.25, 0.3) is 0 Å². The van der Waals surface area contributed by atoms with Crippen molar-refractivity contribution in [3.05, 3.63) is 47.3 Å². The lowest BCUT2D eigenvalue weighted by Crippen LogP contribution is -2.31. The van der Waals surface area contributed by atoms with Gasteiger partial charge >= 0.3 is 6.18 Å². The van der Waals surface area contributed by atoms with Gasteiger partial charge in [0.15, 0.2) is 0 Å². The molecule has 31 heavy (non-hydrogen) atoms. The third-order valence-corrected chi connectivity index (χ3v) is 5.23. The normalized spacial score (nSPS) is 12.2. The molecule has 2 N–H and O–H groups in total. The van der Waals surface area contributed by atoms with Gasteiger partial charge in [0.2, 0.25) is 0 Å². The van der Waals surface area contributed by atoms with Crippen molar-refractivity contribution >= 4 is 0 Å². The summed E-state index contributed by atoms with van der Waals surface area (Å²) in [5.41, 5.74) is 1.53. The number of hydrogen-bond acceptors (Lipinski definition) is 4. The Kier molecular flexibility index (Phi) is 9.51. The van der Waals surface area contributed by atoms with Crippen LogP contribution in [0.4, 0.5) is 13.2 Å². The summed E-state index contributed by atoms with van der Waals surface area (Å²) in [5.74, 6) is 0.0693. The van der Waals surface area contributed by atoms with Crippen molar-refractivity contribution in [3.8, 4) is 16.9 Å². The van der Waals surface area contributed by atoms with Crippen LogP contribution in [0.1, 0.15) is 58.9 Å². The summed E-state index contributed by atoms with van der Waals surface area (Å²) in [6, 6.07) is 6.09. The summed E-state index contributed by atoms with van der Waals surface area (Å²) in [7, 11) is 0. The first-order valence-corrected chi connectivity index (χ1v) is 10.3. The van der Waals surface area contributed by atoms with Crippen LogP contribution in [0.25, 0.3) is 11.1 Å². The van der Waals surface area contributed by atoms with Crippen LogP contribution in [0.15, 0.2) is 30.5 Å². The summed E-state index contributed by atoms with van der Waals surface area (Å²) in [6.07, 6.45) is -3.32. The Balaban J connectivity index is 0.00000480. The first-order valence-electron chi connectivity index (χ1n) is 10.3. The highest BCUT2D eigenvalue weighted by molar-refractivity contribution is 5.72. The molecule has 0 aliphatic carbocycles. The Hall–Kier alpha value is -2.12. The average molecular weight is 440 g/mol. The predicted molar refractivity (Wildman–Crippen MR) is 121 cm³/mol. The van der Waals surface area contributed by atoms with Gasteiger partial charge in [-0.25, -0.2) is 0 Å². The first kappa shape index (κ1) is 26.9. The Bertz CT molecular complexity index is 824. The minimum atomic E-state index is -4.49. The van der Waals surface area contributed by atoms with Gasteiger partial charge in [-0.1, -0.05) is 54.2 Å². The monoisotopic (exact) mass is 439 g/mol. The van der Waals surface area contributed by atoms with E-state index in [1.807, 2.05) is 12.1 Å². The highest BCUT2D eigenvalue weighted by atomic mass is 19.4. The smallest absolute Gasteiger partial charge is 0.433 e. The van der Waals surface area contributed by atoms with Gasteiger partial charge in [0.05, 0.1) is 0 Å². The molecule has 0 fully saturated rings. The number of nitrogens with zero attached hydrogens (tertiary/aromatic N) is 2. The van der Waals surface area contributed by atoms with E-state index in [1.165, 1.54) is 12.3 Å². The summed E-state index contributed by atoms with van der Waals surface area (Å²) in [5, 5.41) is 14.2. The second kappa shape index (κ2) is 11.0. The molecule has 174 valence electrons. The van der Waals surface area contributed by atoms with E-state index in [9.17, 15) is 18.3 Å². The molecule has 2 rings (SSSR count). The molecule has 2 aromatic rings. The highest BCUT2D eigenvalue weighted by Gasteiger charge is 2.32. The predicted octanol–water partition coefficient (Wildman–Crippen LogP) is 5.84. The molecule has 1 aromatic carbocycles. The molecule has 0 aliphatic heterocycles. The molecule has 0 saturated carbocycles. The second-order valence-electron chi connectivity index (χ2n) is 8.42. The van der Waals surface area contributed by atoms with E-state index in [4.69, 9.17) is 0 Å². The number of benzene rings is 1. The summed E-state index contributed by atoms with van der Waals surface area (Å²) >= 11 is 0. The van der Waals surface area contributed by atoms with Crippen LogP contribution in [0.5, 0.6) is 5.75 Å². The lowest BCUT2D eigenvalue weighted by atomic mass is 9.84. The van der Waals surface area contributed by atoms with E-state index in [2.05, 4.69) is 49.8 Å². The molecule has 1 heterocycles. The van der Waals surface area contributed by atoms with E-state index in [0.717, 1.165) is 43.4 Å². The maximum Gasteiger partial charge on any atom is 0.433 e. The van der Waals surface area contributed by atoms with E-state index in [1.54, 1.807) is 0 Å². The van der Waals surface area contributed by atoms with Gasteiger partial charge in [0, 0.05) is 42.5 Å². The van der Waals surface area contributed by atoms with E-state index in [-0.39, 0.29) is 18.6 Å². The van der Waals surface area contributed by atoms with Gasteiger partial charge in [-0.15, -0.1) is 0 Å². The maximum absolute atomic E-state index is 12.8. The molecule has 0 amide bonds. The van der Waals surface area contributed by atoms with Crippen molar-refractivity contribution < 1.29 is 18.3 Å². The lowest BCUT2D eigenvalue weighted by Gasteiger charge is -2.23. The van der Waals surface area contributed by atoms with Crippen molar-refractivity contribution in [2.75, 3.05) is 26.2 Å². The molecule has 0 aliphatic rings. The Morgan fingerprint density at radius 3 is 2.19 bits per heavy atom. The van der Waals surface area contributed by atoms with Crippen molar-refractivity contribution in [2.45, 2.75) is 60.2 Å². The number of likely N-dealkylation sites (N-methyl/N-ethyl adjacent to an activating group) is 1. The SMILES string of the molecule is C.CCN(CC)CCNCc1cc(C(C)(C)C)cc(-c2ccc(C(F)(F)F)nc2)c1O. The number of rotatable bonds is 8. The fourth-order valence-electron chi connectivity index (χ4n) is 3.20. The molecule has 0 radical (unpaired) electrons. The Labute approximate surface area is 184 Å². The zero-order chi connectivity index (χ0) is 22.5. The van der Waals surface area contributed by atoms with E-state index in [0.29, 0.717) is 17.7 Å². The van der Waals surface area contributed by atoms with Crippen LogP contribution in [0.2, 0.25) is 0 Å². The topological polar surface area (TPSA) is 48.4 Å². The first-order chi connectivity index (χ1) is 14.0. The van der Waals surface area contributed by atoms with Crippen LogP contribution in [0, 0.1) is 0 Å². The molecular weight excluding hydrogens is 403 g/mol. The molecule has 0 saturated heterocycles. The molecule has 0 unspecified atom stereocenters.